The Balaban J connectivity index is 2.93. The average molecular weight is 366 g/mol. The van der Waals surface area contributed by atoms with Crippen molar-refractivity contribution in [3.8, 4) is 5.75 Å². The monoisotopic (exact) mass is 365 g/mol. The molecule has 0 bridgehead atoms. The maximum Gasteiger partial charge on any atom is 0.303 e. The predicted molar refractivity (Wildman–Crippen MR) is 77.3 cm³/mol. The molecule has 0 aliphatic heterocycles. The Bertz CT molecular complexity index is 588. The summed E-state index contributed by atoms with van der Waals surface area (Å²) in [5.41, 5.74) is 0. The highest BCUT2D eigenvalue weighted by Crippen LogP contribution is 2.27. The summed E-state index contributed by atoms with van der Waals surface area (Å²) in [6.45, 7) is 1.62. The maximum absolute atomic E-state index is 12.3. The van der Waals surface area contributed by atoms with E-state index in [0.717, 1.165) is 0 Å². The Kier molecular flexibility index (Phi) is 5.97. The van der Waals surface area contributed by atoms with Crippen molar-refractivity contribution in [2.75, 3.05) is 7.11 Å². The molecule has 0 saturated heterocycles. The molecule has 1 rings (SSSR count). The van der Waals surface area contributed by atoms with Crippen LogP contribution in [0.3, 0.4) is 0 Å². The van der Waals surface area contributed by atoms with Crippen molar-refractivity contribution in [1.82, 2.24) is 4.72 Å². The van der Waals surface area contributed by atoms with Gasteiger partial charge in [0.15, 0.2) is 0 Å². The van der Waals surface area contributed by atoms with E-state index in [1.807, 2.05) is 0 Å². The smallest absolute Gasteiger partial charge is 0.303 e. The standard InChI is InChI=1S/C12H16BrNO5S/c1-8(3-6-12(15)16)14-20(17,18)11-7-9(13)4-5-10(11)19-2/h4-5,7-8,14H,3,6H2,1-2H3,(H,15,16). The Morgan fingerprint density at radius 2 is 2.15 bits per heavy atom. The number of sulfonamides is 1. The molecule has 112 valence electrons. The second kappa shape index (κ2) is 7.05. The van der Waals surface area contributed by atoms with Gasteiger partial charge < -0.3 is 9.84 Å². The minimum atomic E-state index is -3.77. The van der Waals surface area contributed by atoms with Crippen LogP contribution in [-0.4, -0.2) is 32.6 Å². The lowest BCUT2D eigenvalue weighted by molar-refractivity contribution is -0.137. The summed E-state index contributed by atoms with van der Waals surface area (Å²) >= 11 is 3.21. The molecule has 0 aliphatic rings. The van der Waals surface area contributed by atoms with E-state index in [1.165, 1.54) is 13.2 Å². The summed E-state index contributed by atoms with van der Waals surface area (Å²) in [4.78, 5) is 10.5. The topological polar surface area (TPSA) is 92.7 Å². The lowest BCUT2D eigenvalue weighted by atomic mass is 10.2. The average Bonchev–Trinajstić information content (AvgIpc) is 2.36. The molecule has 6 nitrogen and oxygen atoms in total. The molecule has 0 amide bonds. The Hall–Kier alpha value is -1.12. The molecule has 0 saturated carbocycles. The molecular formula is C12H16BrNO5S. The van der Waals surface area contributed by atoms with Crippen LogP contribution >= 0.6 is 15.9 Å². The van der Waals surface area contributed by atoms with E-state index in [1.54, 1.807) is 19.1 Å². The molecule has 8 heteroatoms. The van der Waals surface area contributed by atoms with Crippen LogP contribution in [0, 0.1) is 0 Å². The van der Waals surface area contributed by atoms with Crippen LogP contribution in [0.25, 0.3) is 0 Å². The lowest BCUT2D eigenvalue weighted by Crippen LogP contribution is -2.33. The molecule has 0 spiro atoms. The fourth-order valence-corrected chi connectivity index (χ4v) is 3.57. The minimum absolute atomic E-state index is 0.0107. The molecule has 1 aromatic rings. The van der Waals surface area contributed by atoms with Gasteiger partial charge in [0, 0.05) is 16.9 Å². The quantitative estimate of drug-likeness (QED) is 0.770. The summed E-state index contributed by atoms with van der Waals surface area (Å²) in [5.74, 6) is -0.734. The van der Waals surface area contributed by atoms with E-state index in [9.17, 15) is 13.2 Å². The number of methoxy groups -OCH3 is 1. The molecule has 20 heavy (non-hydrogen) atoms. The highest BCUT2D eigenvalue weighted by Gasteiger charge is 2.22. The van der Waals surface area contributed by atoms with E-state index in [-0.39, 0.29) is 23.5 Å². The van der Waals surface area contributed by atoms with Gasteiger partial charge in [0.05, 0.1) is 7.11 Å². The summed E-state index contributed by atoms with van der Waals surface area (Å²) in [5, 5.41) is 8.59. The Morgan fingerprint density at radius 1 is 1.50 bits per heavy atom. The van der Waals surface area contributed by atoms with Gasteiger partial charge in [-0.05, 0) is 31.5 Å². The number of nitrogens with one attached hydrogen (secondary N) is 1. The van der Waals surface area contributed by atoms with Crippen LogP contribution in [-0.2, 0) is 14.8 Å². The fraction of sp³-hybridized carbons (Fsp3) is 0.417. The second-order valence-electron chi connectivity index (χ2n) is 4.25. The number of carboxylic acid groups (broad SMARTS) is 1. The zero-order valence-electron chi connectivity index (χ0n) is 11.1. The third-order valence-electron chi connectivity index (χ3n) is 2.56. The van der Waals surface area contributed by atoms with Gasteiger partial charge in [0.2, 0.25) is 10.0 Å². The molecule has 1 atom stereocenters. The van der Waals surface area contributed by atoms with E-state index >= 15 is 0 Å². The molecule has 0 aromatic heterocycles. The largest absolute Gasteiger partial charge is 0.495 e. The van der Waals surface area contributed by atoms with Crippen LogP contribution in [0.5, 0.6) is 5.75 Å². The van der Waals surface area contributed by atoms with Crippen LogP contribution in [0.4, 0.5) is 0 Å². The lowest BCUT2D eigenvalue weighted by Gasteiger charge is -2.15. The summed E-state index contributed by atoms with van der Waals surface area (Å²) < 4.78 is 32.6. The summed E-state index contributed by atoms with van der Waals surface area (Å²) in [6.07, 6.45) is 0.115. The highest BCUT2D eigenvalue weighted by atomic mass is 79.9. The van der Waals surface area contributed by atoms with Crippen LogP contribution in [0.1, 0.15) is 19.8 Å². The summed E-state index contributed by atoms with van der Waals surface area (Å²) in [6, 6.07) is 4.16. The van der Waals surface area contributed by atoms with Crippen molar-refractivity contribution < 1.29 is 23.1 Å². The zero-order valence-corrected chi connectivity index (χ0v) is 13.5. The van der Waals surface area contributed by atoms with E-state index in [2.05, 4.69) is 20.7 Å². The number of ether oxygens (including phenoxy) is 1. The summed E-state index contributed by atoms with van der Waals surface area (Å²) in [7, 11) is -2.39. The van der Waals surface area contributed by atoms with Gasteiger partial charge in [0.25, 0.3) is 0 Å². The Morgan fingerprint density at radius 3 is 2.70 bits per heavy atom. The van der Waals surface area contributed by atoms with Gasteiger partial charge in [-0.1, -0.05) is 15.9 Å². The van der Waals surface area contributed by atoms with Crippen LogP contribution in [0.2, 0.25) is 0 Å². The second-order valence-corrected chi connectivity index (χ2v) is 6.85. The van der Waals surface area contributed by atoms with Crippen molar-refractivity contribution in [2.24, 2.45) is 0 Å². The number of aliphatic carboxylic acids is 1. The third kappa shape index (κ3) is 4.77. The van der Waals surface area contributed by atoms with E-state index in [0.29, 0.717) is 4.47 Å². The minimum Gasteiger partial charge on any atom is -0.495 e. The number of rotatable bonds is 7. The maximum atomic E-state index is 12.3. The van der Waals surface area contributed by atoms with Gasteiger partial charge in [-0.2, -0.15) is 0 Å². The molecule has 0 heterocycles. The number of carboxylic acids is 1. The number of halogens is 1. The van der Waals surface area contributed by atoms with Crippen molar-refractivity contribution in [3.05, 3.63) is 22.7 Å². The molecule has 2 N–H and O–H groups in total. The molecule has 0 radical (unpaired) electrons. The van der Waals surface area contributed by atoms with Crippen LogP contribution < -0.4 is 9.46 Å². The number of hydrogen-bond donors (Lipinski definition) is 2. The Labute approximate surface area is 126 Å². The number of hydrogen-bond acceptors (Lipinski definition) is 4. The van der Waals surface area contributed by atoms with Crippen molar-refractivity contribution in [2.45, 2.75) is 30.7 Å². The number of benzene rings is 1. The fourth-order valence-electron chi connectivity index (χ4n) is 1.59. The first-order valence-electron chi connectivity index (χ1n) is 5.84. The van der Waals surface area contributed by atoms with Gasteiger partial charge >= 0.3 is 5.97 Å². The van der Waals surface area contributed by atoms with Crippen molar-refractivity contribution in [1.29, 1.82) is 0 Å². The number of carbonyl (C=O) groups is 1. The third-order valence-corrected chi connectivity index (χ3v) is 4.67. The highest BCUT2D eigenvalue weighted by molar-refractivity contribution is 9.10. The first-order valence-corrected chi connectivity index (χ1v) is 8.11. The predicted octanol–water partition coefficient (Wildman–Crippen LogP) is 1.99. The van der Waals surface area contributed by atoms with Gasteiger partial charge in [-0.3, -0.25) is 4.79 Å². The molecule has 1 aromatic carbocycles. The normalized spacial score (nSPS) is 12.9. The first kappa shape index (κ1) is 16.9. The van der Waals surface area contributed by atoms with E-state index in [4.69, 9.17) is 9.84 Å². The molecule has 0 fully saturated rings. The van der Waals surface area contributed by atoms with E-state index < -0.39 is 22.0 Å². The van der Waals surface area contributed by atoms with Gasteiger partial charge in [-0.15, -0.1) is 0 Å². The van der Waals surface area contributed by atoms with Crippen LogP contribution in [0.15, 0.2) is 27.6 Å². The zero-order chi connectivity index (χ0) is 15.3. The molecule has 1 unspecified atom stereocenters. The molecular weight excluding hydrogens is 350 g/mol. The first-order chi connectivity index (χ1) is 9.26. The van der Waals surface area contributed by atoms with Gasteiger partial charge in [-0.25, -0.2) is 13.1 Å². The SMILES string of the molecule is COc1ccc(Br)cc1S(=O)(=O)NC(C)CCC(=O)O. The van der Waals surface area contributed by atoms with Crippen molar-refractivity contribution in [3.63, 3.8) is 0 Å². The van der Waals surface area contributed by atoms with Gasteiger partial charge in [0.1, 0.15) is 10.6 Å². The molecule has 0 aliphatic carbocycles. The van der Waals surface area contributed by atoms with Crippen molar-refractivity contribution >= 4 is 31.9 Å².